The van der Waals surface area contributed by atoms with Gasteiger partial charge in [0, 0.05) is 6.21 Å². The Morgan fingerprint density at radius 1 is 1.40 bits per heavy atom. The van der Waals surface area contributed by atoms with E-state index in [-0.39, 0.29) is 0 Å². The number of rotatable bonds is 6. The van der Waals surface area contributed by atoms with E-state index in [0.29, 0.717) is 0 Å². The molecule has 0 rings (SSSR count). The molecule has 0 fully saturated rings. The van der Waals surface area contributed by atoms with Crippen molar-refractivity contribution in [3.8, 4) is 0 Å². The second kappa shape index (κ2) is 8.43. The van der Waals surface area contributed by atoms with Crippen molar-refractivity contribution in [2.45, 2.75) is 39.0 Å². The van der Waals surface area contributed by atoms with Gasteiger partial charge in [-0.2, -0.15) is 10.7 Å². The number of hydrogen-bond acceptors (Lipinski definition) is 3. The van der Waals surface area contributed by atoms with E-state index < -0.39 is 0 Å². The largest absolute Gasteiger partial charge is 0.274 e. The maximum atomic E-state index is 8.02. The van der Waals surface area contributed by atoms with Crippen LogP contribution >= 0.6 is 0 Å². The lowest BCUT2D eigenvalue weighted by molar-refractivity contribution is 0.172. The van der Waals surface area contributed by atoms with Gasteiger partial charge in [0.05, 0.1) is 0 Å². The van der Waals surface area contributed by atoms with E-state index in [1.807, 2.05) is 0 Å². The molecule has 10 heavy (non-hydrogen) atoms. The molecule has 0 unspecified atom stereocenters. The highest BCUT2D eigenvalue weighted by Crippen LogP contribution is 1.99. The topological polar surface area (TPSA) is 44.6 Å². The van der Waals surface area contributed by atoms with Crippen molar-refractivity contribution in [1.82, 2.24) is 5.59 Å². The van der Waals surface area contributed by atoms with Crippen LogP contribution in [0.3, 0.4) is 0 Å². The minimum Gasteiger partial charge on any atom is -0.274 e. The molecule has 3 nitrogen and oxygen atoms in total. The first kappa shape index (κ1) is 9.43. The first-order valence-electron chi connectivity index (χ1n) is 3.82. The van der Waals surface area contributed by atoms with Gasteiger partial charge in [-0.15, -0.1) is 0 Å². The zero-order chi connectivity index (χ0) is 7.66. The summed E-state index contributed by atoms with van der Waals surface area (Å²) in [7, 11) is 0. The van der Waals surface area contributed by atoms with Gasteiger partial charge in [0.1, 0.15) is 0 Å². The van der Waals surface area contributed by atoms with Crippen LogP contribution in [0.25, 0.3) is 0 Å². The summed E-state index contributed by atoms with van der Waals surface area (Å²) in [4.78, 5) is 0. The highest BCUT2D eigenvalue weighted by atomic mass is 16.5. The fourth-order valence-corrected chi connectivity index (χ4v) is 0.768. The molecule has 0 saturated carbocycles. The van der Waals surface area contributed by atoms with E-state index >= 15 is 0 Å². The van der Waals surface area contributed by atoms with Crippen molar-refractivity contribution in [3.05, 3.63) is 0 Å². The summed E-state index contributed by atoms with van der Waals surface area (Å²) in [6.45, 7) is 2.18. The third kappa shape index (κ3) is 7.43. The molecule has 2 N–H and O–H groups in total. The van der Waals surface area contributed by atoms with Crippen LogP contribution < -0.4 is 5.59 Å². The van der Waals surface area contributed by atoms with E-state index in [9.17, 15) is 0 Å². The maximum Gasteiger partial charge on any atom is 0.0267 e. The van der Waals surface area contributed by atoms with Crippen LogP contribution in [0.1, 0.15) is 39.0 Å². The summed E-state index contributed by atoms with van der Waals surface area (Å²) in [5, 5.41) is 11.5. The average Bonchev–Trinajstić information content (AvgIpc) is 1.97. The van der Waals surface area contributed by atoms with Crippen molar-refractivity contribution in [3.63, 3.8) is 0 Å². The van der Waals surface area contributed by atoms with Gasteiger partial charge in [-0.05, 0) is 12.8 Å². The Balaban J connectivity index is 2.83. The van der Waals surface area contributed by atoms with Gasteiger partial charge in [-0.1, -0.05) is 26.2 Å². The summed E-state index contributed by atoms with van der Waals surface area (Å²) >= 11 is 0. The Kier molecular flexibility index (Phi) is 7.95. The minimum absolute atomic E-state index is 0.952. The summed E-state index contributed by atoms with van der Waals surface area (Å²) in [5.74, 6) is 0. The van der Waals surface area contributed by atoms with Gasteiger partial charge in [-0.3, -0.25) is 5.21 Å². The molecule has 0 bridgehead atoms. The number of unbranched alkanes of at least 4 members (excludes halogenated alkanes) is 4. The zero-order valence-electron chi connectivity index (χ0n) is 6.51. The molecule has 0 aromatic heterocycles. The van der Waals surface area contributed by atoms with Gasteiger partial charge in [-0.25, -0.2) is 0 Å². The van der Waals surface area contributed by atoms with Gasteiger partial charge >= 0.3 is 0 Å². The molecule has 3 heteroatoms. The van der Waals surface area contributed by atoms with Crippen molar-refractivity contribution >= 4 is 6.21 Å². The van der Waals surface area contributed by atoms with Crippen LogP contribution in [-0.2, 0) is 0 Å². The molecule has 0 aliphatic rings. The van der Waals surface area contributed by atoms with E-state index in [0.717, 1.165) is 6.42 Å². The number of nitrogens with zero attached hydrogens (tertiary/aromatic N) is 1. The lowest BCUT2D eigenvalue weighted by atomic mass is 10.2. The van der Waals surface area contributed by atoms with E-state index in [1.54, 1.807) is 11.8 Å². The Bertz CT molecular complexity index is 83.7. The lowest BCUT2D eigenvalue weighted by Gasteiger charge is -1.92. The smallest absolute Gasteiger partial charge is 0.0267 e. The molecule has 0 heterocycles. The van der Waals surface area contributed by atoms with E-state index in [4.69, 9.17) is 5.21 Å². The van der Waals surface area contributed by atoms with Crippen LogP contribution in [0.4, 0.5) is 0 Å². The van der Waals surface area contributed by atoms with Crippen molar-refractivity contribution in [2.24, 2.45) is 5.10 Å². The molecule has 0 spiro atoms. The molecule has 0 aromatic rings. The number of nitrogens with one attached hydrogen (secondary N) is 1. The average molecular weight is 144 g/mol. The van der Waals surface area contributed by atoms with Crippen molar-refractivity contribution in [2.75, 3.05) is 0 Å². The molecule has 60 valence electrons. The van der Waals surface area contributed by atoms with Crippen LogP contribution in [0, 0.1) is 0 Å². The fourth-order valence-electron chi connectivity index (χ4n) is 0.768. The predicted octanol–water partition coefficient (Wildman–Crippen LogP) is 1.92. The Morgan fingerprint density at radius 2 is 2.20 bits per heavy atom. The monoisotopic (exact) mass is 144 g/mol. The third-order valence-corrected chi connectivity index (χ3v) is 1.34. The van der Waals surface area contributed by atoms with Gasteiger partial charge in [0.2, 0.25) is 0 Å². The SMILES string of the molecule is CCCCCCC=NNO. The Morgan fingerprint density at radius 3 is 2.80 bits per heavy atom. The van der Waals surface area contributed by atoms with Gasteiger partial charge in [0.15, 0.2) is 0 Å². The predicted molar refractivity (Wildman–Crippen MR) is 42.2 cm³/mol. The molecule has 0 saturated heterocycles. The highest BCUT2D eigenvalue weighted by molar-refractivity contribution is 5.56. The third-order valence-electron chi connectivity index (χ3n) is 1.34. The zero-order valence-corrected chi connectivity index (χ0v) is 6.51. The van der Waals surface area contributed by atoms with Gasteiger partial charge in [0.25, 0.3) is 0 Å². The molecule has 0 aliphatic heterocycles. The summed E-state index contributed by atoms with van der Waals surface area (Å²) in [5.41, 5.74) is 1.73. The molecule has 0 aromatic carbocycles. The summed E-state index contributed by atoms with van der Waals surface area (Å²) < 4.78 is 0. The summed E-state index contributed by atoms with van der Waals surface area (Å²) in [6.07, 6.45) is 7.62. The van der Waals surface area contributed by atoms with Crippen molar-refractivity contribution < 1.29 is 5.21 Å². The molecule has 0 aliphatic carbocycles. The number of hydrazone groups is 1. The molecular weight excluding hydrogens is 128 g/mol. The van der Waals surface area contributed by atoms with E-state index in [1.165, 1.54) is 25.7 Å². The Labute approximate surface area is 62.1 Å². The molecule has 0 radical (unpaired) electrons. The standard InChI is InChI=1S/C7H16N2O/c1-2-3-4-5-6-7-8-9-10/h7,9-10H,2-6H2,1H3. The van der Waals surface area contributed by atoms with Crippen LogP contribution in [0.2, 0.25) is 0 Å². The number of hydrogen-bond donors (Lipinski definition) is 2. The second-order valence-corrected chi connectivity index (χ2v) is 2.26. The maximum absolute atomic E-state index is 8.02. The molecule has 0 amide bonds. The molecule has 0 atom stereocenters. The fraction of sp³-hybridized carbons (Fsp3) is 0.857. The summed E-state index contributed by atoms with van der Waals surface area (Å²) in [6, 6.07) is 0. The van der Waals surface area contributed by atoms with Crippen molar-refractivity contribution in [1.29, 1.82) is 0 Å². The first-order chi connectivity index (χ1) is 4.91. The first-order valence-corrected chi connectivity index (χ1v) is 3.82. The van der Waals surface area contributed by atoms with Crippen LogP contribution in [0.5, 0.6) is 0 Å². The quantitative estimate of drug-likeness (QED) is 0.340. The van der Waals surface area contributed by atoms with Crippen LogP contribution in [-0.4, -0.2) is 11.4 Å². The van der Waals surface area contributed by atoms with Crippen LogP contribution in [0.15, 0.2) is 5.10 Å². The minimum atomic E-state index is 0.952. The molecular formula is C7H16N2O. The second-order valence-electron chi connectivity index (χ2n) is 2.26. The van der Waals surface area contributed by atoms with Gasteiger partial charge < -0.3 is 0 Å². The highest BCUT2D eigenvalue weighted by Gasteiger charge is 1.83. The normalized spacial score (nSPS) is 10.6. The lowest BCUT2D eigenvalue weighted by Crippen LogP contribution is -1.94. The Hall–Kier alpha value is -0.570. The van der Waals surface area contributed by atoms with E-state index in [2.05, 4.69) is 12.0 Å².